The van der Waals surface area contributed by atoms with Crippen molar-refractivity contribution in [1.82, 2.24) is 10.2 Å². The topological polar surface area (TPSA) is 69.6 Å². The minimum absolute atomic E-state index is 0.00685. The van der Waals surface area contributed by atoms with Crippen molar-refractivity contribution in [3.05, 3.63) is 0 Å². The lowest BCUT2D eigenvalue weighted by Crippen LogP contribution is -2.42. The number of carboxylic acids is 1. The normalized spacial score (nSPS) is 28.6. The third kappa shape index (κ3) is 4.20. The molecule has 0 radical (unpaired) electrons. The van der Waals surface area contributed by atoms with Gasteiger partial charge in [-0.05, 0) is 37.5 Å². The second-order valence-electron chi connectivity index (χ2n) is 6.74. The van der Waals surface area contributed by atoms with E-state index in [0.29, 0.717) is 36.9 Å². The van der Waals surface area contributed by atoms with Gasteiger partial charge in [-0.15, -0.1) is 0 Å². The molecule has 2 atom stereocenters. The average Bonchev–Trinajstić information content (AvgIpc) is 2.66. The fourth-order valence-electron chi connectivity index (χ4n) is 3.58. The van der Waals surface area contributed by atoms with Gasteiger partial charge in [0.25, 0.3) is 0 Å². The molecule has 2 rings (SSSR count). The van der Waals surface area contributed by atoms with Gasteiger partial charge in [0.05, 0.1) is 0 Å². The predicted molar refractivity (Wildman–Crippen MR) is 76.3 cm³/mol. The number of piperidine rings is 1. The van der Waals surface area contributed by atoms with Crippen molar-refractivity contribution >= 4 is 11.9 Å². The molecule has 2 fully saturated rings. The molecule has 2 unspecified atom stereocenters. The smallest absolute Gasteiger partial charge is 0.323 e. The minimum atomic E-state index is -0.926. The summed E-state index contributed by atoms with van der Waals surface area (Å²) in [5.41, 5.74) is 0. The van der Waals surface area contributed by atoms with Gasteiger partial charge in [0.1, 0.15) is 6.54 Å². The third-order valence-electron chi connectivity index (χ3n) is 4.30. The highest BCUT2D eigenvalue weighted by molar-refractivity contribution is 5.81. The number of aliphatic carboxylic acids is 1. The van der Waals surface area contributed by atoms with Crippen LogP contribution in [0.15, 0.2) is 0 Å². The first-order valence-electron chi connectivity index (χ1n) is 7.69. The number of rotatable bonds is 6. The molecule has 0 saturated carbocycles. The van der Waals surface area contributed by atoms with E-state index in [1.807, 2.05) is 13.8 Å². The average molecular weight is 282 g/mol. The molecule has 0 aliphatic carbocycles. The van der Waals surface area contributed by atoms with Crippen LogP contribution in [0.3, 0.4) is 0 Å². The van der Waals surface area contributed by atoms with Crippen LogP contribution in [0, 0.1) is 11.8 Å². The van der Waals surface area contributed by atoms with Crippen molar-refractivity contribution in [3.63, 3.8) is 0 Å². The number of carbonyl (C=O) groups excluding carboxylic acids is 1. The molecular formula is C15H26N2O3. The second kappa shape index (κ2) is 6.57. The first kappa shape index (κ1) is 15.3. The zero-order valence-electron chi connectivity index (χ0n) is 12.5. The first-order chi connectivity index (χ1) is 9.44. The van der Waals surface area contributed by atoms with Crippen molar-refractivity contribution in [2.75, 3.05) is 13.1 Å². The third-order valence-corrected chi connectivity index (χ3v) is 4.30. The van der Waals surface area contributed by atoms with Crippen LogP contribution < -0.4 is 5.32 Å². The van der Waals surface area contributed by atoms with Gasteiger partial charge in [0.2, 0.25) is 5.91 Å². The molecule has 2 heterocycles. The molecule has 5 heteroatoms. The fourth-order valence-corrected chi connectivity index (χ4v) is 3.58. The van der Waals surface area contributed by atoms with Gasteiger partial charge in [-0.25, -0.2) is 0 Å². The molecule has 0 aromatic rings. The van der Waals surface area contributed by atoms with Crippen LogP contribution in [-0.2, 0) is 9.59 Å². The molecule has 2 N–H and O–H groups in total. The quantitative estimate of drug-likeness (QED) is 0.774. The van der Waals surface area contributed by atoms with Crippen LogP contribution in [0.25, 0.3) is 0 Å². The van der Waals surface area contributed by atoms with E-state index in [9.17, 15) is 9.59 Å². The van der Waals surface area contributed by atoms with Crippen molar-refractivity contribution in [1.29, 1.82) is 0 Å². The van der Waals surface area contributed by atoms with Crippen molar-refractivity contribution in [2.45, 2.75) is 58.0 Å². The predicted octanol–water partition coefficient (Wildman–Crippen LogP) is 1.48. The number of hydrogen-bond acceptors (Lipinski definition) is 3. The van der Waals surface area contributed by atoms with Crippen molar-refractivity contribution < 1.29 is 14.7 Å². The number of fused-ring (bicyclic) bond motifs is 2. The van der Waals surface area contributed by atoms with Crippen LogP contribution in [0.2, 0.25) is 0 Å². The molecule has 0 aromatic heterocycles. The number of hydrogen-bond donors (Lipinski definition) is 2. The van der Waals surface area contributed by atoms with Gasteiger partial charge >= 0.3 is 5.97 Å². The Morgan fingerprint density at radius 1 is 1.25 bits per heavy atom. The number of amides is 1. The maximum atomic E-state index is 12.4. The Kier molecular flexibility index (Phi) is 5.02. The molecule has 0 aromatic carbocycles. The summed E-state index contributed by atoms with van der Waals surface area (Å²) in [5, 5.41) is 12.5. The molecule has 20 heavy (non-hydrogen) atoms. The number of nitrogens with zero attached hydrogens (tertiary/aromatic N) is 1. The van der Waals surface area contributed by atoms with Gasteiger partial charge in [0, 0.05) is 25.0 Å². The monoisotopic (exact) mass is 282 g/mol. The van der Waals surface area contributed by atoms with E-state index >= 15 is 0 Å². The lowest BCUT2D eigenvalue weighted by Gasteiger charge is -2.31. The Morgan fingerprint density at radius 3 is 2.35 bits per heavy atom. The molecule has 0 spiro atoms. The van der Waals surface area contributed by atoms with E-state index < -0.39 is 5.97 Å². The standard InChI is InChI=1S/C15H26N2O3/c1-10(2)8-17(9-15(19)20)14(18)7-11-5-12-3-4-13(6-11)16-12/h10-13,16H,3-9H2,1-2H3,(H,19,20). The summed E-state index contributed by atoms with van der Waals surface area (Å²) in [4.78, 5) is 24.8. The van der Waals surface area contributed by atoms with E-state index in [0.717, 1.165) is 12.8 Å². The minimum Gasteiger partial charge on any atom is -0.480 e. The SMILES string of the molecule is CC(C)CN(CC(=O)O)C(=O)CC1CC2CCC(C1)N2. The van der Waals surface area contributed by atoms with E-state index in [2.05, 4.69) is 5.32 Å². The van der Waals surface area contributed by atoms with E-state index in [4.69, 9.17) is 5.11 Å². The zero-order valence-corrected chi connectivity index (χ0v) is 12.5. The van der Waals surface area contributed by atoms with E-state index in [1.54, 1.807) is 0 Å². The molecule has 2 aliphatic heterocycles. The highest BCUT2D eigenvalue weighted by Gasteiger charge is 2.35. The van der Waals surface area contributed by atoms with Crippen molar-refractivity contribution in [2.24, 2.45) is 11.8 Å². The van der Waals surface area contributed by atoms with Gasteiger partial charge in [-0.1, -0.05) is 13.8 Å². The summed E-state index contributed by atoms with van der Waals surface area (Å²) in [5.74, 6) is -0.205. The Balaban J connectivity index is 1.88. The van der Waals surface area contributed by atoms with E-state index in [1.165, 1.54) is 17.7 Å². The lowest BCUT2D eigenvalue weighted by molar-refractivity contribution is -0.145. The lowest BCUT2D eigenvalue weighted by atomic mass is 9.89. The number of carbonyl (C=O) groups is 2. The zero-order chi connectivity index (χ0) is 14.7. The first-order valence-corrected chi connectivity index (χ1v) is 7.69. The second-order valence-corrected chi connectivity index (χ2v) is 6.74. The summed E-state index contributed by atoms with van der Waals surface area (Å²) in [7, 11) is 0. The van der Waals surface area contributed by atoms with Crippen LogP contribution in [-0.4, -0.2) is 47.1 Å². The molecule has 2 aliphatic rings. The van der Waals surface area contributed by atoms with Gasteiger partial charge in [0.15, 0.2) is 0 Å². The fraction of sp³-hybridized carbons (Fsp3) is 0.867. The summed E-state index contributed by atoms with van der Waals surface area (Å²) in [6, 6.07) is 1.15. The Hall–Kier alpha value is -1.10. The Labute approximate surface area is 120 Å². The maximum Gasteiger partial charge on any atom is 0.323 e. The molecule has 2 saturated heterocycles. The molecule has 114 valence electrons. The molecule has 5 nitrogen and oxygen atoms in total. The van der Waals surface area contributed by atoms with Crippen LogP contribution in [0.5, 0.6) is 0 Å². The Bertz CT molecular complexity index is 358. The summed E-state index contributed by atoms with van der Waals surface area (Å²) < 4.78 is 0. The van der Waals surface area contributed by atoms with Crippen molar-refractivity contribution in [3.8, 4) is 0 Å². The maximum absolute atomic E-state index is 12.4. The highest BCUT2D eigenvalue weighted by Crippen LogP contribution is 2.33. The Morgan fingerprint density at radius 2 is 1.85 bits per heavy atom. The largest absolute Gasteiger partial charge is 0.480 e. The molecular weight excluding hydrogens is 256 g/mol. The number of carboxylic acid groups (broad SMARTS) is 1. The number of nitrogens with one attached hydrogen (secondary N) is 1. The molecule has 2 bridgehead atoms. The van der Waals surface area contributed by atoms with E-state index in [-0.39, 0.29) is 12.5 Å². The van der Waals surface area contributed by atoms with Gasteiger partial charge in [-0.2, -0.15) is 0 Å². The molecule has 1 amide bonds. The van der Waals surface area contributed by atoms with Crippen LogP contribution >= 0.6 is 0 Å². The van der Waals surface area contributed by atoms with Gasteiger partial charge < -0.3 is 15.3 Å². The highest BCUT2D eigenvalue weighted by atomic mass is 16.4. The summed E-state index contributed by atoms with van der Waals surface area (Å²) in [6.07, 6.45) is 5.07. The van der Waals surface area contributed by atoms with Crippen LogP contribution in [0.1, 0.15) is 46.0 Å². The van der Waals surface area contributed by atoms with Crippen LogP contribution in [0.4, 0.5) is 0 Å². The summed E-state index contributed by atoms with van der Waals surface area (Å²) in [6.45, 7) is 4.37. The summed E-state index contributed by atoms with van der Waals surface area (Å²) >= 11 is 0. The van der Waals surface area contributed by atoms with Gasteiger partial charge in [-0.3, -0.25) is 9.59 Å².